The third-order valence-corrected chi connectivity index (χ3v) is 4.42. The monoisotopic (exact) mass is 342 g/mol. The number of halogens is 1. The minimum absolute atomic E-state index is 0.137. The Morgan fingerprint density at radius 1 is 1.29 bits per heavy atom. The molecule has 90 valence electrons. The highest BCUT2D eigenvalue weighted by Gasteiger charge is 2.51. The normalized spacial score (nSPS) is 21.6. The van der Waals surface area contributed by atoms with Gasteiger partial charge in [0.25, 0.3) is 5.91 Å². The molecule has 1 aromatic rings. The maximum Gasteiger partial charge on any atom is 0.254 e. The van der Waals surface area contributed by atoms with Gasteiger partial charge >= 0.3 is 0 Å². The third kappa shape index (κ3) is 2.08. The lowest BCUT2D eigenvalue weighted by molar-refractivity contribution is 0.0600. The first-order chi connectivity index (χ1) is 8.21. The largest absolute Gasteiger partial charge is 0.330 e. The molecule has 3 nitrogen and oxygen atoms in total. The van der Waals surface area contributed by atoms with Crippen LogP contribution in [0.4, 0.5) is 0 Å². The Hall–Kier alpha value is -0.620. The van der Waals surface area contributed by atoms with Crippen molar-refractivity contribution in [1.29, 1.82) is 0 Å². The summed E-state index contributed by atoms with van der Waals surface area (Å²) in [6.45, 7) is 2.71. The van der Waals surface area contributed by atoms with E-state index in [1.807, 2.05) is 24.3 Å². The first-order valence-electron chi connectivity index (χ1n) is 6.00. The van der Waals surface area contributed by atoms with E-state index < -0.39 is 0 Å². The fourth-order valence-electron chi connectivity index (χ4n) is 2.50. The van der Waals surface area contributed by atoms with E-state index in [1.54, 1.807) is 0 Å². The molecule has 1 aliphatic heterocycles. The van der Waals surface area contributed by atoms with Crippen molar-refractivity contribution < 1.29 is 4.79 Å². The van der Waals surface area contributed by atoms with E-state index in [1.165, 1.54) is 3.57 Å². The summed E-state index contributed by atoms with van der Waals surface area (Å²) in [6, 6.07) is 7.86. The topological polar surface area (TPSA) is 32.3 Å². The van der Waals surface area contributed by atoms with Crippen molar-refractivity contribution in [1.82, 2.24) is 10.2 Å². The summed E-state index contributed by atoms with van der Waals surface area (Å²) < 4.78 is 1.17. The van der Waals surface area contributed by atoms with E-state index in [9.17, 15) is 4.79 Å². The molecule has 1 spiro atoms. The fourth-order valence-corrected chi connectivity index (χ4v) is 2.86. The molecule has 0 radical (unpaired) electrons. The summed E-state index contributed by atoms with van der Waals surface area (Å²) in [7, 11) is 0. The number of nitrogens with one attached hydrogen (secondary N) is 1. The van der Waals surface area contributed by atoms with Crippen LogP contribution in [-0.2, 0) is 0 Å². The zero-order valence-corrected chi connectivity index (χ0v) is 11.7. The Bertz CT molecular complexity index is 439. The van der Waals surface area contributed by atoms with Gasteiger partial charge in [-0.1, -0.05) is 0 Å². The van der Waals surface area contributed by atoms with Crippen LogP contribution in [0.5, 0.6) is 0 Å². The molecule has 17 heavy (non-hydrogen) atoms. The van der Waals surface area contributed by atoms with Gasteiger partial charge in [-0.05, 0) is 59.7 Å². The van der Waals surface area contributed by atoms with Crippen LogP contribution in [0.15, 0.2) is 24.3 Å². The summed E-state index contributed by atoms with van der Waals surface area (Å²) in [5, 5.41) is 3.39. The lowest BCUT2D eigenvalue weighted by atomic mass is 10.1. The number of hydrogen-bond acceptors (Lipinski definition) is 2. The molecule has 1 amide bonds. The summed E-state index contributed by atoms with van der Waals surface area (Å²) >= 11 is 2.26. The fraction of sp³-hybridized carbons (Fsp3) is 0.462. The maximum absolute atomic E-state index is 12.5. The highest BCUT2D eigenvalue weighted by Crippen LogP contribution is 2.42. The van der Waals surface area contributed by atoms with E-state index in [2.05, 4.69) is 32.8 Å². The molecule has 0 aromatic heterocycles. The molecule has 1 aromatic carbocycles. The van der Waals surface area contributed by atoms with Gasteiger partial charge in [0.2, 0.25) is 0 Å². The minimum atomic E-state index is 0.137. The Labute approximate surface area is 115 Å². The van der Waals surface area contributed by atoms with Gasteiger partial charge in [0.05, 0.1) is 5.54 Å². The first-order valence-corrected chi connectivity index (χ1v) is 7.07. The lowest BCUT2D eigenvalue weighted by Crippen LogP contribution is -2.55. The summed E-state index contributed by atoms with van der Waals surface area (Å²) in [5.41, 5.74) is 0.955. The summed E-state index contributed by atoms with van der Waals surface area (Å²) in [6.07, 6.45) is 2.30. The Morgan fingerprint density at radius 2 is 2.00 bits per heavy atom. The highest BCUT2D eigenvalue weighted by atomic mass is 127. The van der Waals surface area contributed by atoms with Gasteiger partial charge in [-0.3, -0.25) is 4.79 Å². The van der Waals surface area contributed by atoms with Crippen LogP contribution in [0.3, 0.4) is 0 Å². The number of amides is 1. The minimum Gasteiger partial charge on any atom is -0.330 e. The van der Waals surface area contributed by atoms with Gasteiger partial charge in [0.15, 0.2) is 0 Å². The first kappa shape index (κ1) is 11.5. The second-order valence-corrected chi connectivity index (χ2v) is 6.11. The van der Waals surface area contributed by atoms with Gasteiger partial charge in [0, 0.05) is 28.8 Å². The van der Waals surface area contributed by atoms with Crippen molar-refractivity contribution in [2.75, 3.05) is 19.6 Å². The van der Waals surface area contributed by atoms with Crippen molar-refractivity contribution in [2.24, 2.45) is 0 Å². The van der Waals surface area contributed by atoms with Crippen molar-refractivity contribution in [3.8, 4) is 0 Å². The molecule has 2 fully saturated rings. The quantitative estimate of drug-likeness (QED) is 0.791. The number of nitrogens with zero attached hydrogens (tertiary/aromatic N) is 1. The molecule has 1 N–H and O–H groups in total. The van der Waals surface area contributed by atoms with Crippen molar-refractivity contribution in [2.45, 2.75) is 18.4 Å². The van der Waals surface area contributed by atoms with Crippen molar-refractivity contribution >= 4 is 28.5 Å². The van der Waals surface area contributed by atoms with Crippen LogP contribution in [0.1, 0.15) is 23.2 Å². The Morgan fingerprint density at radius 3 is 2.65 bits per heavy atom. The number of carbonyl (C=O) groups is 1. The summed E-state index contributed by atoms with van der Waals surface area (Å²) in [5.74, 6) is 0.195. The van der Waals surface area contributed by atoms with Gasteiger partial charge < -0.3 is 10.2 Å². The molecule has 1 heterocycles. The molecular weight excluding hydrogens is 327 g/mol. The van der Waals surface area contributed by atoms with Crippen LogP contribution in [-0.4, -0.2) is 36.0 Å². The predicted octanol–water partition coefficient (Wildman–Crippen LogP) is 1.87. The van der Waals surface area contributed by atoms with Crippen LogP contribution in [0, 0.1) is 3.57 Å². The van der Waals surface area contributed by atoms with E-state index in [4.69, 9.17) is 0 Å². The second-order valence-electron chi connectivity index (χ2n) is 4.86. The molecule has 0 atom stereocenters. The zero-order valence-electron chi connectivity index (χ0n) is 9.58. The number of piperazine rings is 1. The van der Waals surface area contributed by atoms with Crippen molar-refractivity contribution in [3.05, 3.63) is 33.4 Å². The van der Waals surface area contributed by atoms with E-state index in [0.29, 0.717) is 0 Å². The molecular formula is C13H15IN2O. The van der Waals surface area contributed by atoms with Gasteiger partial charge in [-0.15, -0.1) is 0 Å². The molecule has 3 rings (SSSR count). The van der Waals surface area contributed by atoms with E-state index >= 15 is 0 Å². The number of carbonyl (C=O) groups excluding carboxylic acids is 1. The average Bonchev–Trinajstić information content (AvgIpc) is 3.10. The molecule has 1 aliphatic carbocycles. The standard InChI is InChI=1S/C13H15IN2O/c14-11-3-1-10(2-4-11)12(17)16-8-7-15-9-13(16)5-6-13/h1-4,15H,5-9H2. The second kappa shape index (κ2) is 4.24. The van der Waals surface area contributed by atoms with Crippen molar-refractivity contribution in [3.63, 3.8) is 0 Å². The smallest absolute Gasteiger partial charge is 0.254 e. The Kier molecular flexibility index (Phi) is 2.86. The van der Waals surface area contributed by atoms with Gasteiger partial charge in [-0.2, -0.15) is 0 Å². The highest BCUT2D eigenvalue weighted by molar-refractivity contribution is 14.1. The zero-order chi connectivity index (χ0) is 11.9. The van der Waals surface area contributed by atoms with Crippen LogP contribution < -0.4 is 5.32 Å². The van der Waals surface area contributed by atoms with Crippen LogP contribution in [0.25, 0.3) is 0 Å². The number of benzene rings is 1. The predicted molar refractivity (Wildman–Crippen MR) is 75.0 cm³/mol. The van der Waals surface area contributed by atoms with Crippen LogP contribution in [0.2, 0.25) is 0 Å². The van der Waals surface area contributed by atoms with Gasteiger partial charge in [-0.25, -0.2) is 0 Å². The maximum atomic E-state index is 12.5. The Balaban J connectivity index is 1.83. The third-order valence-electron chi connectivity index (χ3n) is 3.70. The van der Waals surface area contributed by atoms with E-state index in [0.717, 1.165) is 38.0 Å². The van der Waals surface area contributed by atoms with E-state index in [-0.39, 0.29) is 11.4 Å². The number of hydrogen-bond donors (Lipinski definition) is 1. The average molecular weight is 342 g/mol. The number of rotatable bonds is 1. The molecule has 4 heteroatoms. The molecule has 2 aliphatic rings. The van der Waals surface area contributed by atoms with Crippen LogP contribution >= 0.6 is 22.6 Å². The molecule has 0 bridgehead atoms. The molecule has 1 saturated carbocycles. The lowest BCUT2D eigenvalue weighted by Gasteiger charge is -2.36. The molecule has 1 saturated heterocycles. The van der Waals surface area contributed by atoms with Gasteiger partial charge in [0.1, 0.15) is 0 Å². The SMILES string of the molecule is O=C(c1ccc(I)cc1)N1CCNCC12CC2. The molecule has 0 unspecified atom stereocenters. The summed E-state index contributed by atoms with van der Waals surface area (Å²) in [4.78, 5) is 14.5.